The van der Waals surface area contributed by atoms with Gasteiger partial charge in [-0.15, -0.1) is 0 Å². The summed E-state index contributed by atoms with van der Waals surface area (Å²) in [4.78, 5) is 23.5. The first-order chi connectivity index (χ1) is 13.4. The molecule has 0 radical (unpaired) electrons. The van der Waals surface area contributed by atoms with Crippen LogP contribution in [0, 0.1) is 6.92 Å². The summed E-state index contributed by atoms with van der Waals surface area (Å²) in [5.74, 6) is -0.638. The van der Waals surface area contributed by atoms with Gasteiger partial charge in [0.2, 0.25) is 5.91 Å². The van der Waals surface area contributed by atoms with Gasteiger partial charge in [0, 0.05) is 18.4 Å². The normalized spacial score (nSPS) is 16.0. The molecule has 7 heteroatoms. The van der Waals surface area contributed by atoms with Gasteiger partial charge in [0.1, 0.15) is 11.5 Å². The maximum atomic E-state index is 12.7. The van der Waals surface area contributed by atoms with Crippen molar-refractivity contribution >= 4 is 17.6 Å². The number of carbonyl (C=O) groups excluding carboxylic acids is 1. The van der Waals surface area contributed by atoms with Crippen LogP contribution in [-0.2, 0) is 9.59 Å². The second-order valence-corrected chi connectivity index (χ2v) is 6.69. The molecule has 0 aromatic heterocycles. The van der Waals surface area contributed by atoms with Crippen molar-refractivity contribution < 1.29 is 24.5 Å². The van der Waals surface area contributed by atoms with Crippen LogP contribution in [0.25, 0.3) is 0 Å². The molecule has 0 aliphatic carbocycles. The fraction of sp³-hybridized carbons (Fsp3) is 0.286. The molecule has 3 rings (SSSR count). The van der Waals surface area contributed by atoms with E-state index in [1.807, 2.05) is 37.3 Å². The third-order valence-corrected chi connectivity index (χ3v) is 4.68. The van der Waals surface area contributed by atoms with E-state index < -0.39 is 17.9 Å². The Bertz CT molecular complexity index is 921. The van der Waals surface area contributed by atoms with Gasteiger partial charge in [0.25, 0.3) is 0 Å². The minimum Gasteiger partial charge on any atom is -0.508 e. The maximum absolute atomic E-state index is 12.7. The molecule has 1 unspecified atom stereocenters. The Morgan fingerprint density at radius 1 is 1.18 bits per heavy atom. The van der Waals surface area contributed by atoms with Gasteiger partial charge >= 0.3 is 5.97 Å². The van der Waals surface area contributed by atoms with Crippen LogP contribution in [0.5, 0.6) is 11.5 Å². The standard InChI is InChI=1S/C21H22N2O5/c1-13-3-8-19(24)16(11-13)18-12-17(14-4-6-15(28-2)7-5-14)22-23(18)20(25)9-10-21(26)27/h3-8,11,18,24H,9-10,12H2,1-2H3,(H,26,27). The molecule has 0 saturated heterocycles. The fourth-order valence-corrected chi connectivity index (χ4v) is 3.21. The monoisotopic (exact) mass is 382 g/mol. The summed E-state index contributed by atoms with van der Waals surface area (Å²) in [6.45, 7) is 1.90. The van der Waals surface area contributed by atoms with Crippen LogP contribution in [0.1, 0.15) is 42.0 Å². The number of amides is 1. The Hall–Kier alpha value is -3.35. The number of phenolic OH excluding ortho intramolecular Hbond substituents is 1. The molecule has 1 heterocycles. The second-order valence-electron chi connectivity index (χ2n) is 6.69. The summed E-state index contributed by atoms with van der Waals surface area (Å²) >= 11 is 0. The summed E-state index contributed by atoms with van der Waals surface area (Å²) in [5, 5.41) is 25.0. The van der Waals surface area contributed by atoms with E-state index >= 15 is 0 Å². The van der Waals surface area contributed by atoms with E-state index in [4.69, 9.17) is 9.84 Å². The number of phenols is 1. The van der Waals surface area contributed by atoms with Gasteiger partial charge in [-0.3, -0.25) is 9.59 Å². The quantitative estimate of drug-likeness (QED) is 0.799. The van der Waals surface area contributed by atoms with Crippen molar-refractivity contribution in [2.24, 2.45) is 5.10 Å². The lowest BCUT2D eigenvalue weighted by atomic mass is 9.96. The number of aromatic hydroxyl groups is 1. The summed E-state index contributed by atoms with van der Waals surface area (Å²) in [6.07, 6.45) is -0.00476. The zero-order valence-corrected chi connectivity index (χ0v) is 15.8. The minimum atomic E-state index is -1.04. The van der Waals surface area contributed by atoms with Crippen molar-refractivity contribution in [3.63, 3.8) is 0 Å². The van der Waals surface area contributed by atoms with Crippen LogP contribution < -0.4 is 4.74 Å². The lowest BCUT2D eigenvalue weighted by Crippen LogP contribution is -2.27. The first-order valence-electron chi connectivity index (χ1n) is 8.94. The van der Waals surface area contributed by atoms with Crippen molar-refractivity contribution in [3.05, 3.63) is 59.2 Å². The van der Waals surface area contributed by atoms with Gasteiger partial charge in [0.05, 0.1) is 25.3 Å². The first-order valence-corrected chi connectivity index (χ1v) is 8.94. The zero-order chi connectivity index (χ0) is 20.3. The van der Waals surface area contributed by atoms with Gasteiger partial charge in [0.15, 0.2) is 0 Å². The van der Waals surface area contributed by atoms with Gasteiger partial charge in [-0.1, -0.05) is 17.7 Å². The van der Waals surface area contributed by atoms with Crippen LogP contribution >= 0.6 is 0 Å². The van der Waals surface area contributed by atoms with Crippen LogP contribution in [0.15, 0.2) is 47.6 Å². The van der Waals surface area contributed by atoms with E-state index in [-0.39, 0.29) is 18.6 Å². The largest absolute Gasteiger partial charge is 0.508 e. The van der Waals surface area contributed by atoms with E-state index in [0.29, 0.717) is 23.4 Å². The summed E-state index contributed by atoms with van der Waals surface area (Å²) < 4.78 is 5.17. The topological polar surface area (TPSA) is 99.4 Å². The molecule has 0 fully saturated rings. The lowest BCUT2D eigenvalue weighted by Gasteiger charge is -2.23. The van der Waals surface area contributed by atoms with Crippen molar-refractivity contribution in [1.82, 2.24) is 5.01 Å². The second kappa shape index (κ2) is 8.12. The number of carboxylic acids is 1. The molecule has 1 aliphatic heterocycles. The Morgan fingerprint density at radius 3 is 2.54 bits per heavy atom. The molecule has 2 aromatic rings. The highest BCUT2D eigenvalue weighted by Crippen LogP contribution is 2.38. The highest BCUT2D eigenvalue weighted by atomic mass is 16.5. The molecule has 1 amide bonds. The molecular formula is C21H22N2O5. The molecule has 2 aromatic carbocycles. The van der Waals surface area contributed by atoms with Gasteiger partial charge in [-0.05, 0) is 42.8 Å². The number of carbonyl (C=O) groups is 2. The van der Waals surface area contributed by atoms with E-state index in [1.165, 1.54) is 5.01 Å². The Kier molecular flexibility index (Phi) is 5.63. The molecular weight excluding hydrogens is 360 g/mol. The predicted molar refractivity (Wildman–Crippen MR) is 103 cm³/mol. The Balaban J connectivity index is 1.94. The SMILES string of the molecule is COc1ccc(C2=NN(C(=O)CCC(=O)O)C(c3cc(C)ccc3O)C2)cc1. The minimum absolute atomic E-state index is 0.0813. The number of ether oxygens (including phenoxy) is 1. The van der Waals surface area contributed by atoms with Crippen molar-refractivity contribution in [1.29, 1.82) is 0 Å². The van der Waals surface area contributed by atoms with E-state index in [0.717, 1.165) is 11.1 Å². The van der Waals surface area contributed by atoms with Gasteiger partial charge in [-0.25, -0.2) is 5.01 Å². The van der Waals surface area contributed by atoms with E-state index in [9.17, 15) is 14.7 Å². The van der Waals surface area contributed by atoms with Crippen LogP contribution in [-0.4, -0.2) is 39.9 Å². The fourth-order valence-electron chi connectivity index (χ4n) is 3.21. The highest BCUT2D eigenvalue weighted by Gasteiger charge is 2.34. The van der Waals surface area contributed by atoms with E-state index in [2.05, 4.69) is 5.10 Å². The number of benzene rings is 2. The predicted octanol–water partition coefficient (Wildman–Crippen LogP) is 3.25. The molecule has 0 bridgehead atoms. The number of hydrogen-bond donors (Lipinski definition) is 2. The summed E-state index contributed by atoms with van der Waals surface area (Å²) in [6, 6.07) is 12.1. The molecule has 28 heavy (non-hydrogen) atoms. The molecule has 0 saturated carbocycles. The smallest absolute Gasteiger partial charge is 0.303 e. The van der Waals surface area contributed by atoms with Crippen LogP contribution in [0.3, 0.4) is 0 Å². The molecule has 7 nitrogen and oxygen atoms in total. The molecule has 0 spiro atoms. The number of rotatable bonds is 6. The first kappa shape index (κ1) is 19.4. The Morgan fingerprint density at radius 2 is 1.89 bits per heavy atom. The Labute approximate surface area is 162 Å². The van der Waals surface area contributed by atoms with Crippen molar-refractivity contribution in [3.8, 4) is 11.5 Å². The lowest BCUT2D eigenvalue weighted by molar-refractivity contribution is -0.141. The number of aryl methyl sites for hydroxylation is 1. The van der Waals surface area contributed by atoms with Crippen LogP contribution in [0.4, 0.5) is 0 Å². The summed E-state index contributed by atoms with van der Waals surface area (Å²) in [5.41, 5.74) is 3.07. The number of methoxy groups -OCH3 is 1. The number of aliphatic carboxylic acids is 1. The number of nitrogens with zero attached hydrogens (tertiary/aromatic N) is 2. The maximum Gasteiger partial charge on any atom is 0.303 e. The average Bonchev–Trinajstić information content (AvgIpc) is 3.13. The van der Waals surface area contributed by atoms with Crippen molar-refractivity contribution in [2.45, 2.75) is 32.2 Å². The molecule has 146 valence electrons. The molecule has 1 aliphatic rings. The zero-order valence-electron chi connectivity index (χ0n) is 15.8. The summed E-state index contributed by atoms with van der Waals surface area (Å²) in [7, 11) is 1.58. The third-order valence-electron chi connectivity index (χ3n) is 4.68. The number of hydrogen-bond acceptors (Lipinski definition) is 5. The van der Waals surface area contributed by atoms with Gasteiger partial charge in [-0.2, -0.15) is 5.10 Å². The van der Waals surface area contributed by atoms with E-state index in [1.54, 1.807) is 19.2 Å². The van der Waals surface area contributed by atoms with Crippen LogP contribution in [0.2, 0.25) is 0 Å². The van der Waals surface area contributed by atoms with Gasteiger partial charge < -0.3 is 14.9 Å². The average molecular weight is 382 g/mol. The number of carboxylic acid groups (broad SMARTS) is 1. The molecule has 1 atom stereocenters. The molecule has 2 N–H and O–H groups in total. The number of hydrazone groups is 1. The third kappa shape index (κ3) is 4.14. The van der Waals surface area contributed by atoms with Crippen molar-refractivity contribution in [2.75, 3.05) is 7.11 Å². The highest BCUT2D eigenvalue weighted by molar-refractivity contribution is 6.03.